The van der Waals surface area contributed by atoms with Gasteiger partial charge in [-0.1, -0.05) is 6.07 Å². The molecule has 1 aromatic carbocycles. The van der Waals surface area contributed by atoms with Gasteiger partial charge in [0, 0.05) is 10.1 Å². The van der Waals surface area contributed by atoms with Gasteiger partial charge in [0.25, 0.3) is 5.91 Å². The molecule has 0 saturated heterocycles. The molecule has 0 bridgehead atoms. The quantitative estimate of drug-likeness (QED) is 0.756. The minimum atomic E-state index is -0.348. The van der Waals surface area contributed by atoms with Crippen molar-refractivity contribution in [3.05, 3.63) is 40.8 Å². The van der Waals surface area contributed by atoms with E-state index >= 15 is 0 Å². The Morgan fingerprint density at radius 3 is 3.00 bits per heavy atom. The Balaban J connectivity index is 1.91. The third-order valence-electron chi connectivity index (χ3n) is 2.55. The molecule has 96 valence electrons. The standard InChI is InChI=1S/C12H9FN4OS/c1-6-14-12(17-16-6)15-11(18)10-5-7-8(13)3-2-4-9(7)19-10/h2-5H,1H3,(H2,14,15,16,17,18). The van der Waals surface area contributed by atoms with Crippen LogP contribution in [-0.2, 0) is 0 Å². The van der Waals surface area contributed by atoms with E-state index in [0.717, 1.165) is 4.70 Å². The number of carbonyl (C=O) groups is 1. The number of fused-ring (bicyclic) bond motifs is 1. The minimum absolute atomic E-state index is 0.209. The van der Waals surface area contributed by atoms with Crippen LogP contribution in [-0.4, -0.2) is 21.1 Å². The van der Waals surface area contributed by atoms with Crippen molar-refractivity contribution in [1.29, 1.82) is 0 Å². The van der Waals surface area contributed by atoms with E-state index in [1.165, 1.54) is 23.5 Å². The molecule has 3 aromatic rings. The van der Waals surface area contributed by atoms with E-state index in [2.05, 4.69) is 20.5 Å². The molecule has 0 saturated carbocycles. The molecule has 0 aliphatic rings. The van der Waals surface area contributed by atoms with Crippen molar-refractivity contribution in [2.45, 2.75) is 6.92 Å². The average molecular weight is 276 g/mol. The van der Waals surface area contributed by atoms with Crippen molar-refractivity contribution >= 4 is 33.3 Å². The van der Waals surface area contributed by atoms with Gasteiger partial charge in [-0.15, -0.1) is 16.4 Å². The number of aromatic nitrogens is 3. The van der Waals surface area contributed by atoms with Gasteiger partial charge in [-0.25, -0.2) is 4.39 Å². The number of nitrogens with one attached hydrogen (secondary N) is 2. The summed E-state index contributed by atoms with van der Waals surface area (Å²) in [6, 6.07) is 6.30. The fourth-order valence-electron chi connectivity index (χ4n) is 1.70. The molecule has 0 radical (unpaired) electrons. The first-order valence-corrected chi connectivity index (χ1v) is 6.33. The maximum Gasteiger partial charge on any atom is 0.268 e. The van der Waals surface area contributed by atoms with Gasteiger partial charge in [0.05, 0.1) is 4.88 Å². The number of aromatic amines is 1. The van der Waals surface area contributed by atoms with Gasteiger partial charge in [-0.05, 0) is 25.1 Å². The average Bonchev–Trinajstić information content (AvgIpc) is 2.96. The number of carbonyl (C=O) groups excluding carboxylic acids is 1. The monoisotopic (exact) mass is 276 g/mol. The number of nitrogens with zero attached hydrogens (tertiary/aromatic N) is 2. The zero-order valence-corrected chi connectivity index (χ0v) is 10.7. The number of hydrogen-bond donors (Lipinski definition) is 2. The van der Waals surface area contributed by atoms with Crippen LogP contribution in [0.1, 0.15) is 15.5 Å². The molecular weight excluding hydrogens is 267 g/mol. The molecule has 1 amide bonds. The van der Waals surface area contributed by atoms with E-state index in [4.69, 9.17) is 0 Å². The molecule has 3 rings (SSSR count). The lowest BCUT2D eigenvalue weighted by Gasteiger charge is -1.95. The van der Waals surface area contributed by atoms with Gasteiger partial charge in [0.2, 0.25) is 5.95 Å². The van der Waals surface area contributed by atoms with Crippen LogP contribution in [0, 0.1) is 12.7 Å². The second kappa shape index (κ2) is 4.43. The number of aryl methyl sites for hydroxylation is 1. The van der Waals surface area contributed by atoms with Crippen molar-refractivity contribution in [1.82, 2.24) is 15.2 Å². The fraction of sp³-hybridized carbons (Fsp3) is 0.0833. The number of halogens is 1. The van der Waals surface area contributed by atoms with Crippen LogP contribution in [0.3, 0.4) is 0 Å². The van der Waals surface area contributed by atoms with Crippen molar-refractivity contribution in [2.24, 2.45) is 0 Å². The Labute approximate surface area is 111 Å². The Bertz CT molecular complexity index is 764. The summed E-state index contributed by atoms with van der Waals surface area (Å²) in [6.07, 6.45) is 0. The van der Waals surface area contributed by atoms with Gasteiger partial charge >= 0.3 is 0 Å². The smallest absolute Gasteiger partial charge is 0.268 e. The topological polar surface area (TPSA) is 70.7 Å². The van der Waals surface area contributed by atoms with Crippen LogP contribution in [0.4, 0.5) is 10.3 Å². The highest BCUT2D eigenvalue weighted by Crippen LogP contribution is 2.27. The third kappa shape index (κ3) is 2.19. The van der Waals surface area contributed by atoms with E-state index in [0.29, 0.717) is 16.1 Å². The molecule has 0 atom stereocenters. The molecule has 0 spiro atoms. The SMILES string of the molecule is Cc1nc(NC(=O)c2cc3c(F)cccc3s2)n[nH]1. The second-order valence-corrected chi connectivity index (χ2v) is 5.04. The number of thiophene rings is 1. The normalized spacial score (nSPS) is 10.8. The Kier molecular flexibility index (Phi) is 2.75. The number of rotatable bonds is 2. The van der Waals surface area contributed by atoms with Gasteiger partial charge < -0.3 is 0 Å². The summed E-state index contributed by atoms with van der Waals surface area (Å²) in [5.41, 5.74) is 0. The predicted octanol–water partition coefficient (Wildman–Crippen LogP) is 2.72. The molecule has 0 unspecified atom stereocenters. The van der Waals surface area contributed by atoms with Crippen molar-refractivity contribution in [3.8, 4) is 0 Å². The lowest BCUT2D eigenvalue weighted by molar-refractivity contribution is 0.103. The summed E-state index contributed by atoms with van der Waals surface area (Å²) >= 11 is 1.23. The van der Waals surface area contributed by atoms with Crippen molar-refractivity contribution < 1.29 is 9.18 Å². The molecule has 0 aliphatic carbocycles. The van der Waals surface area contributed by atoms with Crippen molar-refractivity contribution in [2.75, 3.05) is 5.32 Å². The first-order chi connectivity index (χ1) is 9.13. The molecular formula is C12H9FN4OS. The highest BCUT2D eigenvalue weighted by molar-refractivity contribution is 7.20. The van der Waals surface area contributed by atoms with Gasteiger partial charge in [0.15, 0.2) is 0 Å². The molecule has 2 heterocycles. The van der Waals surface area contributed by atoms with E-state index < -0.39 is 0 Å². The van der Waals surface area contributed by atoms with Gasteiger partial charge in [0.1, 0.15) is 11.6 Å². The van der Waals surface area contributed by atoms with Crippen LogP contribution >= 0.6 is 11.3 Å². The number of H-pyrrole nitrogens is 1. The lowest BCUT2D eigenvalue weighted by atomic mass is 10.2. The van der Waals surface area contributed by atoms with E-state index in [1.54, 1.807) is 19.1 Å². The lowest BCUT2D eigenvalue weighted by Crippen LogP contribution is -2.11. The summed E-state index contributed by atoms with van der Waals surface area (Å²) in [4.78, 5) is 16.4. The number of amides is 1. The van der Waals surface area contributed by atoms with E-state index in [9.17, 15) is 9.18 Å². The number of anilines is 1. The second-order valence-electron chi connectivity index (χ2n) is 3.96. The highest BCUT2D eigenvalue weighted by Gasteiger charge is 2.14. The predicted molar refractivity (Wildman–Crippen MR) is 70.9 cm³/mol. The summed E-state index contributed by atoms with van der Waals surface area (Å²) in [5.74, 6) is 0.138. The van der Waals surface area contributed by atoms with Crippen molar-refractivity contribution in [3.63, 3.8) is 0 Å². The molecule has 2 N–H and O–H groups in total. The van der Waals surface area contributed by atoms with Crippen LogP contribution in [0.5, 0.6) is 0 Å². The summed E-state index contributed by atoms with van der Waals surface area (Å²) in [5, 5.41) is 9.45. The fourth-order valence-corrected chi connectivity index (χ4v) is 2.67. The van der Waals surface area contributed by atoms with Gasteiger partial charge in [-0.2, -0.15) is 4.98 Å². The maximum atomic E-state index is 13.5. The number of hydrogen-bond acceptors (Lipinski definition) is 4. The summed E-state index contributed by atoms with van der Waals surface area (Å²) < 4.78 is 14.3. The number of benzene rings is 1. The minimum Gasteiger partial charge on any atom is -0.288 e. The van der Waals surface area contributed by atoms with Gasteiger partial charge in [-0.3, -0.25) is 15.2 Å². The summed E-state index contributed by atoms with van der Waals surface area (Å²) in [6.45, 7) is 1.73. The Morgan fingerprint density at radius 2 is 2.32 bits per heavy atom. The first kappa shape index (κ1) is 11.8. The Hall–Kier alpha value is -2.28. The largest absolute Gasteiger partial charge is 0.288 e. The Morgan fingerprint density at radius 1 is 1.47 bits per heavy atom. The van der Waals surface area contributed by atoms with E-state index in [1.807, 2.05) is 0 Å². The highest BCUT2D eigenvalue weighted by atomic mass is 32.1. The molecule has 19 heavy (non-hydrogen) atoms. The molecule has 0 aliphatic heterocycles. The summed E-state index contributed by atoms with van der Waals surface area (Å²) in [7, 11) is 0. The van der Waals surface area contributed by atoms with E-state index in [-0.39, 0.29) is 17.7 Å². The first-order valence-electron chi connectivity index (χ1n) is 5.52. The molecule has 0 fully saturated rings. The molecule has 5 nitrogen and oxygen atoms in total. The molecule has 7 heteroatoms. The zero-order valence-electron chi connectivity index (χ0n) is 9.90. The molecule has 2 aromatic heterocycles. The zero-order chi connectivity index (χ0) is 13.4. The maximum absolute atomic E-state index is 13.5. The van der Waals surface area contributed by atoms with Crippen LogP contribution in [0.2, 0.25) is 0 Å². The van der Waals surface area contributed by atoms with Crippen LogP contribution in [0.25, 0.3) is 10.1 Å². The van der Waals surface area contributed by atoms with Crippen LogP contribution in [0.15, 0.2) is 24.3 Å². The third-order valence-corrected chi connectivity index (χ3v) is 3.65. The van der Waals surface area contributed by atoms with Crippen LogP contribution < -0.4 is 5.32 Å².